The molecule has 0 radical (unpaired) electrons. The molecule has 0 N–H and O–H groups in total. The number of nitro groups is 1. The highest BCUT2D eigenvalue weighted by Crippen LogP contribution is 2.23. The summed E-state index contributed by atoms with van der Waals surface area (Å²) in [5.41, 5.74) is 3.00. The average Bonchev–Trinajstić information content (AvgIpc) is 2.68. The molecule has 3 aromatic rings. The van der Waals surface area contributed by atoms with Crippen LogP contribution >= 0.6 is 0 Å². The third-order valence-electron chi connectivity index (χ3n) is 4.40. The largest absolute Gasteiger partial charge is 0.458 e. The first-order valence-electron chi connectivity index (χ1n) is 8.47. The molecule has 0 aliphatic rings. The Labute approximate surface area is 160 Å². The Morgan fingerprint density at radius 2 is 1.89 bits per heavy atom. The van der Waals surface area contributed by atoms with Crippen molar-refractivity contribution in [1.29, 1.82) is 0 Å². The van der Waals surface area contributed by atoms with Crippen molar-refractivity contribution in [1.82, 2.24) is 0 Å². The molecule has 0 amide bonds. The van der Waals surface area contributed by atoms with Crippen molar-refractivity contribution < 1.29 is 18.9 Å². The van der Waals surface area contributed by atoms with Gasteiger partial charge in [-0.3, -0.25) is 10.1 Å². The van der Waals surface area contributed by atoms with E-state index in [1.165, 1.54) is 42.5 Å². The standard InChI is InChI=1S/C21H17NO6/c1-13-3-9-18-16(11-20(24)28-21(18)14(13)2)12-27-19(23)10-6-15-4-7-17(8-5-15)22(25)26/h3-11H,12H2,1-2H3/b10-6+. The smallest absolute Gasteiger partial charge is 0.336 e. The minimum atomic E-state index is -0.594. The van der Waals surface area contributed by atoms with Gasteiger partial charge in [0.25, 0.3) is 5.69 Å². The minimum Gasteiger partial charge on any atom is -0.458 e. The van der Waals surface area contributed by atoms with Crippen LogP contribution in [-0.2, 0) is 16.1 Å². The van der Waals surface area contributed by atoms with Crippen LogP contribution in [0.2, 0.25) is 0 Å². The Hall–Kier alpha value is -3.74. The summed E-state index contributed by atoms with van der Waals surface area (Å²) in [6, 6.07) is 10.8. The van der Waals surface area contributed by atoms with Crippen molar-refractivity contribution in [3.05, 3.63) is 91.3 Å². The molecule has 1 aromatic heterocycles. The SMILES string of the molecule is Cc1ccc2c(COC(=O)/C=C/c3ccc([N+](=O)[O-])cc3)cc(=O)oc2c1C. The number of nitro benzene ring substituents is 1. The van der Waals surface area contributed by atoms with Crippen molar-refractivity contribution in [2.24, 2.45) is 0 Å². The number of fused-ring (bicyclic) bond motifs is 1. The van der Waals surface area contributed by atoms with Crippen LogP contribution in [0.5, 0.6) is 0 Å². The van der Waals surface area contributed by atoms with Crippen molar-refractivity contribution in [3.63, 3.8) is 0 Å². The van der Waals surface area contributed by atoms with Crippen LogP contribution in [-0.4, -0.2) is 10.9 Å². The Kier molecular flexibility index (Phi) is 5.35. The first-order chi connectivity index (χ1) is 13.3. The number of non-ortho nitro benzene ring substituents is 1. The van der Waals surface area contributed by atoms with Gasteiger partial charge in [-0.1, -0.05) is 12.1 Å². The molecule has 7 nitrogen and oxygen atoms in total. The summed E-state index contributed by atoms with van der Waals surface area (Å²) < 4.78 is 10.5. The Morgan fingerprint density at radius 1 is 1.18 bits per heavy atom. The number of carbonyl (C=O) groups is 1. The third kappa shape index (κ3) is 4.15. The Morgan fingerprint density at radius 3 is 2.57 bits per heavy atom. The lowest BCUT2D eigenvalue weighted by atomic mass is 10.0. The molecule has 0 bridgehead atoms. The molecule has 0 saturated carbocycles. The van der Waals surface area contributed by atoms with E-state index in [2.05, 4.69) is 0 Å². The molecule has 7 heteroatoms. The van der Waals surface area contributed by atoms with E-state index in [-0.39, 0.29) is 12.3 Å². The van der Waals surface area contributed by atoms with Crippen LogP contribution in [0.15, 0.2) is 57.8 Å². The summed E-state index contributed by atoms with van der Waals surface area (Å²) in [4.78, 5) is 34.0. The number of ether oxygens (including phenoxy) is 1. The fourth-order valence-electron chi connectivity index (χ4n) is 2.71. The van der Waals surface area contributed by atoms with E-state index < -0.39 is 16.5 Å². The number of hydrogen-bond donors (Lipinski definition) is 0. The van der Waals surface area contributed by atoms with E-state index in [4.69, 9.17) is 9.15 Å². The topological polar surface area (TPSA) is 99.6 Å². The van der Waals surface area contributed by atoms with Gasteiger partial charge in [0, 0.05) is 35.2 Å². The van der Waals surface area contributed by atoms with Crippen molar-refractivity contribution in [2.75, 3.05) is 0 Å². The third-order valence-corrected chi connectivity index (χ3v) is 4.40. The summed E-state index contributed by atoms with van der Waals surface area (Å²) in [7, 11) is 0. The number of rotatable bonds is 5. The molecule has 0 unspecified atom stereocenters. The minimum absolute atomic E-state index is 0.0277. The predicted octanol–water partition coefficient (Wildman–Crippen LogP) is 4.07. The van der Waals surface area contributed by atoms with E-state index >= 15 is 0 Å². The van der Waals surface area contributed by atoms with Gasteiger partial charge in [-0.25, -0.2) is 9.59 Å². The van der Waals surface area contributed by atoms with E-state index in [9.17, 15) is 19.7 Å². The predicted molar refractivity (Wildman–Crippen MR) is 104 cm³/mol. The van der Waals surface area contributed by atoms with Crippen molar-refractivity contribution in [3.8, 4) is 0 Å². The highest BCUT2D eigenvalue weighted by Gasteiger charge is 2.11. The van der Waals surface area contributed by atoms with Crippen LogP contribution in [0.4, 0.5) is 5.69 Å². The van der Waals surface area contributed by atoms with E-state index in [1.54, 1.807) is 0 Å². The fourth-order valence-corrected chi connectivity index (χ4v) is 2.71. The second-order valence-electron chi connectivity index (χ2n) is 6.26. The van der Waals surface area contributed by atoms with Crippen LogP contribution in [0.3, 0.4) is 0 Å². The summed E-state index contributed by atoms with van der Waals surface area (Å²) in [5, 5.41) is 11.4. The maximum Gasteiger partial charge on any atom is 0.336 e. The number of aryl methyl sites for hydroxylation is 2. The zero-order chi connectivity index (χ0) is 20.3. The molecule has 142 valence electrons. The number of carbonyl (C=O) groups excluding carboxylic acids is 1. The van der Waals surface area contributed by atoms with Gasteiger partial charge in [0.15, 0.2) is 0 Å². The van der Waals surface area contributed by atoms with Gasteiger partial charge in [0.05, 0.1) is 4.92 Å². The lowest BCUT2D eigenvalue weighted by molar-refractivity contribution is -0.384. The lowest BCUT2D eigenvalue weighted by Crippen LogP contribution is -2.06. The molecular formula is C21H17NO6. The van der Waals surface area contributed by atoms with Crippen LogP contribution < -0.4 is 5.63 Å². The van der Waals surface area contributed by atoms with Crippen molar-refractivity contribution in [2.45, 2.75) is 20.5 Å². The van der Waals surface area contributed by atoms with Crippen LogP contribution in [0.25, 0.3) is 17.0 Å². The molecule has 0 atom stereocenters. The highest BCUT2D eigenvalue weighted by molar-refractivity contribution is 5.88. The number of benzene rings is 2. The highest BCUT2D eigenvalue weighted by atomic mass is 16.6. The first kappa shape index (κ1) is 19.0. The molecule has 3 rings (SSSR count). The second kappa shape index (κ2) is 7.87. The normalized spacial score (nSPS) is 11.1. The molecule has 0 fully saturated rings. The molecule has 0 aliphatic carbocycles. The molecule has 28 heavy (non-hydrogen) atoms. The summed E-state index contributed by atoms with van der Waals surface area (Å²) in [5.74, 6) is -0.594. The molecule has 0 aliphatic heterocycles. The first-order valence-corrected chi connectivity index (χ1v) is 8.47. The maximum absolute atomic E-state index is 12.0. The zero-order valence-corrected chi connectivity index (χ0v) is 15.3. The average molecular weight is 379 g/mol. The molecular weight excluding hydrogens is 362 g/mol. The van der Waals surface area contributed by atoms with Gasteiger partial charge >= 0.3 is 11.6 Å². The van der Waals surface area contributed by atoms with Gasteiger partial charge in [-0.05, 0) is 48.7 Å². The molecule has 0 spiro atoms. The van der Waals surface area contributed by atoms with E-state index in [0.717, 1.165) is 16.5 Å². The summed E-state index contributed by atoms with van der Waals surface area (Å²) in [6.07, 6.45) is 2.72. The van der Waals surface area contributed by atoms with E-state index in [1.807, 2.05) is 26.0 Å². The number of esters is 1. The summed E-state index contributed by atoms with van der Waals surface area (Å²) in [6.45, 7) is 3.71. The monoisotopic (exact) mass is 379 g/mol. The van der Waals surface area contributed by atoms with Crippen LogP contribution in [0, 0.1) is 24.0 Å². The maximum atomic E-state index is 12.0. The van der Waals surface area contributed by atoms with E-state index in [0.29, 0.717) is 16.7 Å². The Bertz CT molecular complexity index is 1140. The van der Waals surface area contributed by atoms with Gasteiger partial charge < -0.3 is 9.15 Å². The molecule has 2 aromatic carbocycles. The second-order valence-corrected chi connectivity index (χ2v) is 6.26. The Balaban J connectivity index is 1.73. The lowest BCUT2D eigenvalue weighted by Gasteiger charge is -2.09. The molecule has 0 saturated heterocycles. The summed E-state index contributed by atoms with van der Waals surface area (Å²) >= 11 is 0. The van der Waals surface area contributed by atoms with Gasteiger partial charge in [0.2, 0.25) is 0 Å². The van der Waals surface area contributed by atoms with Crippen molar-refractivity contribution >= 4 is 28.7 Å². The number of nitrogens with zero attached hydrogens (tertiary/aromatic N) is 1. The number of hydrogen-bond acceptors (Lipinski definition) is 6. The van der Waals surface area contributed by atoms with Crippen LogP contribution in [0.1, 0.15) is 22.3 Å². The van der Waals surface area contributed by atoms with Gasteiger partial charge in [-0.2, -0.15) is 0 Å². The van der Waals surface area contributed by atoms with Gasteiger partial charge in [0.1, 0.15) is 12.2 Å². The quantitative estimate of drug-likeness (QED) is 0.218. The fraction of sp³-hybridized carbons (Fsp3) is 0.143. The molecule has 1 heterocycles. The van der Waals surface area contributed by atoms with Gasteiger partial charge in [-0.15, -0.1) is 0 Å². The zero-order valence-electron chi connectivity index (χ0n) is 15.3.